The molecule has 1 aromatic rings. The molecule has 7 heteroatoms. The molecule has 0 radical (unpaired) electrons. The molecule has 1 saturated carbocycles. The molecule has 0 spiro atoms. The standard InChI is InChI=1S/C13H14Cl2N2O3/c14-8-2-3-9(15)10(6-8)17-12(20)16-7-13(11(18)19)4-1-5-13/h2-3,6H,1,4-5,7H2,(H,18,19)(H2,16,17,20). The SMILES string of the molecule is O=C(NCC1(C(=O)O)CCC1)Nc1cc(Cl)ccc1Cl. The van der Waals surface area contributed by atoms with Gasteiger partial charge in [0.15, 0.2) is 0 Å². The summed E-state index contributed by atoms with van der Waals surface area (Å²) >= 11 is 11.7. The summed E-state index contributed by atoms with van der Waals surface area (Å²) < 4.78 is 0. The Kier molecular flexibility index (Phi) is 4.40. The number of aliphatic carboxylic acids is 1. The molecule has 0 aromatic heterocycles. The number of hydrogen-bond acceptors (Lipinski definition) is 2. The maximum atomic E-state index is 11.8. The number of halogens is 2. The van der Waals surface area contributed by atoms with Crippen LogP contribution in [0.5, 0.6) is 0 Å². The Morgan fingerprint density at radius 1 is 1.30 bits per heavy atom. The van der Waals surface area contributed by atoms with Gasteiger partial charge in [0, 0.05) is 11.6 Å². The van der Waals surface area contributed by atoms with Crippen LogP contribution in [0.15, 0.2) is 18.2 Å². The highest BCUT2D eigenvalue weighted by molar-refractivity contribution is 6.35. The summed E-state index contributed by atoms with van der Waals surface area (Å²) in [6.07, 6.45) is 2.04. The van der Waals surface area contributed by atoms with E-state index >= 15 is 0 Å². The number of carbonyl (C=O) groups is 2. The first-order valence-corrected chi connectivity index (χ1v) is 6.92. The lowest BCUT2D eigenvalue weighted by Gasteiger charge is -2.37. The molecule has 2 rings (SSSR count). The van der Waals surface area contributed by atoms with Crippen LogP contribution < -0.4 is 10.6 Å². The van der Waals surface area contributed by atoms with E-state index in [1.165, 1.54) is 6.07 Å². The molecule has 0 atom stereocenters. The third-order valence-electron chi connectivity index (χ3n) is 3.53. The minimum atomic E-state index is -0.871. The number of carboxylic acid groups (broad SMARTS) is 1. The molecule has 0 saturated heterocycles. The number of nitrogens with one attached hydrogen (secondary N) is 2. The van der Waals surface area contributed by atoms with Gasteiger partial charge in [-0.25, -0.2) is 4.79 Å². The number of benzene rings is 1. The number of carbonyl (C=O) groups excluding carboxylic acids is 1. The van der Waals surface area contributed by atoms with Gasteiger partial charge in [0.1, 0.15) is 0 Å². The minimum Gasteiger partial charge on any atom is -0.481 e. The maximum absolute atomic E-state index is 11.8. The van der Waals surface area contributed by atoms with Gasteiger partial charge in [-0.3, -0.25) is 4.79 Å². The normalized spacial score (nSPS) is 16.1. The van der Waals surface area contributed by atoms with E-state index in [0.29, 0.717) is 28.6 Å². The van der Waals surface area contributed by atoms with Crippen LogP contribution >= 0.6 is 23.2 Å². The monoisotopic (exact) mass is 316 g/mol. The Morgan fingerprint density at radius 3 is 2.55 bits per heavy atom. The summed E-state index contributed by atoms with van der Waals surface area (Å²) in [6, 6.07) is 4.21. The molecule has 20 heavy (non-hydrogen) atoms. The fourth-order valence-corrected chi connectivity index (χ4v) is 2.42. The van der Waals surface area contributed by atoms with E-state index in [0.717, 1.165) is 6.42 Å². The topological polar surface area (TPSA) is 78.4 Å². The lowest BCUT2D eigenvalue weighted by atomic mass is 9.69. The molecule has 108 valence electrons. The van der Waals surface area contributed by atoms with Crippen LogP contribution in [0.4, 0.5) is 10.5 Å². The second kappa shape index (κ2) is 5.89. The quantitative estimate of drug-likeness (QED) is 0.796. The zero-order valence-corrected chi connectivity index (χ0v) is 12.1. The van der Waals surface area contributed by atoms with Crippen LogP contribution in [0.1, 0.15) is 19.3 Å². The van der Waals surface area contributed by atoms with Gasteiger partial charge in [0.2, 0.25) is 0 Å². The molecular formula is C13H14Cl2N2O3. The van der Waals surface area contributed by atoms with Crippen LogP contribution in [0.3, 0.4) is 0 Å². The number of carboxylic acids is 1. The average molecular weight is 317 g/mol. The minimum absolute atomic E-state index is 0.104. The highest BCUT2D eigenvalue weighted by atomic mass is 35.5. The molecule has 1 fully saturated rings. The lowest BCUT2D eigenvalue weighted by molar-refractivity contribution is -0.153. The van der Waals surface area contributed by atoms with Gasteiger partial charge in [-0.1, -0.05) is 29.6 Å². The van der Waals surface area contributed by atoms with Crippen molar-refractivity contribution < 1.29 is 14.7 Å². The van der Waals surface area contributed by atoms with Crippen molar-refractivity contribution in [1.29, 1.82) is 0 Å². The van der Waals surface area contributed by atoms with Gasteiger partial charge in [-0.2, -0.15) is 0 Å². The Balaban J connectivity index is 1.93. The van der Waals surface area contributed by atoms with Crippen LogP contribution in [0.25, 0.3) is 0 Å². The zero-order chi connectivity index (χ0) is 14.8. The highest BCUT2D eigenvalue weighted by Gasteiger charge is 2.44. The van der Waals surface area contributed by atoms with Crippen molar-refractivity contribution in [2.75, 3.05) is 11.9 Å². The van der Waals surface area contributed by atoms with Crippen LogP contribution in [0.2, 0.25) is 10.0 Å². The van der Waals surface area contributed by atoms with Crippen LogP contribution in [0, 0.1) is 5.41 Å². The van der Waals surface area contributed by atoms with Gasteiger partial charge in [0.25, 0.3) is 0 Å². The fraction of sp³-hybridized carbons (Fsp3) is 0.385. The Hall–Kier alpha value is -1.46. The molecule has 0 unspecified atom stereocenters. The van der Waals surface area contributed by atoms with Crippen molar-refractivity contribution >= 4 is 40.9 Å². The first kappa shape index (κ1) is 14.9. The van der Waals surface area contributed by atoms with E-state index in [9.17, 15) is 9.59 Å². The average Bonchev–Trinajstić information content (AvgIpc) is 2.32. The molecule has 0 aliphatic heterocycles. The van der Waals surface area contributed by atoms with E-state index < -0.39 is 17.4 Å². The van der Waals surface area contributed by atoms with Gasteiger partial charge in [0.05, 0.1) is 16.1 Å². The predicted molar refractivity (Wildman–Crippen MR) is 77.4 cm³/mol. The Bertz CT molecular complexity index is 544. The zero-order valence-electron chi connectivity index (χ0n) is 10.6. The largest absolute Gasteiger partial charge is 0.481 e. The molecule has 0 heterocycles. The van der Waals surface area contributed by atoms with Crippen molar-refractivity contribution in [3.8, 4) is 0 Å². The summed E-state index contributed by atoms with van der Waals surface area (Å²) in [7, 11) is 0. The maximum Gasteiger partial charge on any atom is 0.319 e. The smallest absolute Gasteiger partial charge is 0.319 e. The van der Waals surface area contributed by atoms with Crippen LogP contribution in [-0.2, 0) is 4.79 Å². The summed E-state index contributed by atoms with van der Waals surface area (Å²) in [6.45, 7) is 0.104. The summed E-state index contributed by atoms with van der Waals surface area (Å²) in [5, 5.41) is 15.1. The van der Waals surface area contributed by atoms with E-state index in [2.05, 4.69) is 10.6 Å². The molecule has 2 amide bonds. The number of anilines is 1. The van der Waals surface area contributed by atoms with Crippen molar-refractivity contribution in [2.45, 2.75) is 19.3 Å². The first-order chi connectivity index (χ1) is 9.43. The van der Waals surface area contributed by atoms with Gasteiger partial charge in [-0.15, -0.1) is 0 Å². The predicted octanol–water partition coefficient (Wildman–Crippen LogP) is 3.37. The summed E-state index contributed by atoms with van der Waals surface area (Å²) in [5.74, 6) is -0.871. The Labute approximate surface area is 126 Å². The van der Waals surface area contributed by atoms with Crippen molar-refractivity contribution in [3.05, 3.63) is 28.2 Å². The summed E-state index contributed by atoms with van der Waals surface area (Å²) in [4.78, 5) is 22.9. The lowest BCUT2D eigenvalue weighted by Crippen LogP contribution is -2.48. The first-order valence-electron chi connectivity index (χ1n) is 6.16. The number of rotatable bonds is 4. The molecule has 3 N–H and O–H groups in total. The van der Waals surface area contributed by atoms with E-state index in [-0.39, 0.29) is 6.54 Å². The van der Waals surface area contributed by atoms with Gasteiger partial charge >= 0.3 is 12.0 Å². The molecule has 1 aliphatic carbocycles. The number of hydrogen-bond donors (Lipinski definition) is 3. The van der Waals surface area contributed by atoms with Crippen molar-refractivity contribution in [2.24, 2.45) is 5.41 Å². The van der Waals surface area contributed by atoms with Crippen molar-refractivity contribution in [1.82, 2.24) is 5.32 Å². The Morgan fingerprint density at radius 2 is 2.00 bits per heavy atom. The van der Waals surface area contributed by atoms with E-state index in [4.69, 9.17) is 28.3 Å². The third kappa shape index (κ3) is 3.16. The summed E-state index contributed by atoms with van der Waals surface area (Å²) in [5.41, 5.74) is -0.440. The molecule has 1 aromatic carbocycles. The van der Waals surface area contributed by atoms with Crippen molar-refractivity contribution in [3.63, 3.8) is 0 Å². The van der Waals surface area contributed by atoms with E-state index in [1.54, 1.807) is 12.1 Å². The van der Waals surface area contributed by atoms with Crippen LogP contribution in [-0.4, -0.2) is 23.7 Å². The molecule has 1 aliphatic rings. The fourth-order valence-electron chi connectivity index (χ4n) is 2.08. The van der Waals surface area contributed by atoms with E-state index in [1.807, 2.05) is 0 Å². The molecule has 0 bridgehead atoms. The number of urea groups is 1. The second-order valence-corrected chi connectivity index (χ2v) is 5.71. The molecule has 5 nitrogen and oxygen atoms in total. The van der Waals surface area contributed by atoms with Gasteiger partial charge < -0.3 is 15.7 Å². The van der Waals surface area contributed by atoms with Gasteiger partial charge in [-0.05, 0) is 31.0 Å². The molecular weight excluding hydrogens is 303 g/mol. The highest BCUT2D eigenvalue weighted by Crippen LogP contribution is 2.40. The number of amides is 2. The second-order valence-electron chi connectivity index (χ2n) is 4.87. The third-order valence-corrected chi connectivity index (χ3v) is 4.09.